The van der Waals surface area contributed by atoms with E-state index < -0.39 is 0 Å². The van der Waals surface area contributed by atoms with Gasteiger partial charge in [-0.2, -0.15) is 0 Å². The zero-order valence-electron chi connectivity index (χ0n) is 10.4. The van der Waals surface area contributed by atoms with Crippen molar-refractivity contribution >= 4 is 0 Å². The molecule has 3 rings (SSSR count). The molecule has 4 nitrogen and oxygen atoms in total. The molecule has 18 heavy (non-hydrogen) atoms. The van der Waals surface area contributed by atoms with Crippen molar-refractivity contribution in [2.24, 2.45) is 0 Å². The molecule has 0 saturated carbocycles. The maximum atomic E-state index is 5.78. The topological polar surface area (TPSA) is 47.3 Å². The molecule has 1 aromatic heterocycles. The summed E-state index contributed by atoms with van der Waals surface area (Å²) >= 11 is 0. The monoisotopic (exact) mass is 244 g/mol. The molecule has 4 heteroatoms. The van der Waals surface area contributed by atoms with Crippen LogP contribution in [0.1, 0.15) is 22.5 Å². The van der Waals surface area contributed by atoms with Crippen molar-refractivity contribution in [2.75, 3.05) is 6.54 Å². The number of fused-ring (bicyclic) bond motifs is 1. The van der Waals surface area contributed by atoms with Crippen molar-refractivity contribution in [1.29, 1.82) is 0 Å². The third-order valence-corrected chi connectivity index (χ3v) is 3.31. The molecule has 0 bridgehead atoms. The van der Waals surface area contributed by atoms with Gasteiger partial charge in [-0.05, 0) is 43.1 Å². The maximum Gasteiger partial charge on any atom is 0.140 e. The molecule has 0 atom stereocenters. The first kappa shape index (κ1) is 11.3. The standard InChI is InChI=1S/C14H16N2O2/c1-10-13(8-16-18-10)9-17-14-3-2-12-7-15-5-4-11(12)6-14/h2-3,6,8,15H,4-5,7,9H2,1H3. The van der Waals surface area contributed by atoms with Crippen molar-refractivity contribution in [3.63, 3.8) is 0 Å². The van der Waals surface area contributed by atoms with Crippen LogP contribution < -0.4 is 10.1 Å². The smallest absolute Gasteiger partial charge is 0.140 e. The highest BCUT2D eigenvalue weighted by molar-refractivity contribution is 5.37. The highest BCUT2D eigenvalue weighted by Gasteiger charge is 2.10. The highest BCUT2D eigenvalue weighted by atomic mass is 16.5. The van der Waals surface area contributed by atoms with E-state index in [1.165, 1.54) is 11.1 Å². The maximum absolute atomic E-state index is 5.78. The van der Waals surface area contributed by atoms with E-state index in [-0.39, 0.29) is 0 Å². The van der Waals surface area contributed by atoms with Crippen molar-refractivity contribution in [3.05, 3.63) is 46.8 Å². The lowest BCUT2D eigenvalue weighted by molar-refractivity contribution is 0.301. The minimum atomic E-state index is 0.506. The second-order valence-electron chi connectivity index (χ2n) is 4.55. The van der Waals surface area contributed by atoms with E-state index >= 15 is 0 Å². The number of aryl methyl sites for hydroxylation is 1. The molecule has 0 amide bonds. The Morgan fingerprint density at radius 1 is 1.39 bits per heavy atom. The summed E-state index contributed by atoms with van der Waals surface area (Å²) in [6.45, 7) is 4.40. The van der Waals surface area contributed by atoms with Gasteiger partial charge in [0.05, 0.1) is 11.8 Å². The Bertz CT molecular complexity index is 548. The molecule has 1 aliphatic heterocycles. The molecule has 1 aromatic carbocycles. The van der Waals surface area contributed by atoms with Gasteiger partial charge in [0.2, 0.25) is 0 Å². The largest absolute Gasteiger partial charge is 0.489 e. The number of rotatable bonds is 3. The molecule has 1 aliphatic rings. The number of nitrogens with one attached hydrogen (secondary N) is 1. The lowest BCUT2D eigenvalue weighted by atomic mass is 10.0. The summed E-state index contributed by atoms with van der Waals surface area (Å²) in [5, 5.41) is 7.10. The first-order valence-corrected chi connectivity index (χ1v) is 6.18. The lowest BCUT2D eigenvalue weighted by Crippen LogP contribution is -2.23. The van der Waals surface area contributed by atoms with E-state index in [2.05, 4.69) is 22.6 Å². The predicted octanol–water partition coefficient (Wildman–Crippen LogP) is 2.21. The number of ether oxygens (including phenoxy) is 1. The molecule has 2 heterocycles. The number of hydrogen-bond donors (Lipinski definition) is 1. The number of benzene rings is 1. The Hall–Kier alpha value is -1.81. The molecule has 0 unspecified atom stereocenters. The second-order valence-corrected chi connectivity index (χ2v) is 4.55. The van der Waals surface area contributed by atoms with Crippen molar-refractivity contribution in [3.8, 4) is 5.75 Å². The van der Waals surface area contributed by atoms with Crippen LogP contribution in [0.2, 0.25) is 0 Å². The molecule has 0 radical (unpaired) electrons. The number of aromatic nitrogens is 1. The fourth-order valence-electron chi connectivity index (χ4n) is 2.16. The Balaban J connectivity index is 1.71. The van der Waals surface area contributed by atoms with E-state index in [0.717, 1.165) is 36.6 Å². The van der Waals surface area contributed by atoms with Crippen LogP contribution in [0.5, 0.6) is 5.75 Å². The summed E-state index contributed by atoms with van der Waals surface area (Å²) in [7, 11) is 0. The minimum absolute atomic E-state index is 0.506. The van der Waals surface area contributed by atoms with E-state index in [4.69, 9.17) is 9.26 Å². The third-order valence-electron chi connectivity index (χ3n) is 3.31. The van der Waals surface area contributed by atoms with Crippen LogP contribution >= 0.6 is 0 Å². The van der Waals surface area contributed by atoms with Gasteiger partial charge in [-0.3, -0.25) is 0 Å². The molecule has 0 aliphatic carbocycles. The third kappa shape index (κ3) is 2.24. The zero-order valence-corrected chi connectivity index (χ0v) is 10.4. The van der Waals surface area contributed by atoms with Gasteiger partial charge >= 0.3 is 0 Å². The molecule has 2 aromatic rings. The molecule has 0 fully saturated rings. The van der Waals surface area contributed by atoms with Gasteiger partial charge in [0.15, 0.2) is 0 Å². The van der Waals surface area contributed by atoms with Gasteiger partial charge in [0.1, 0.15) is 18.1 Å². The lowest BCUT2D eigenvalue weighted by Gasteiger charge is -2.17. The number of hydrogen-bond acceptors (Lipinski definition) is 4. The van der Waals surface area contributed by atoms with Gasteiger partial charge < -0.3 is 14.6 Å². The van der Waals surface area contributed by atoms with Crippen LogP contribution in [0.25, 0.3) is 0 Å². The molecular formula is C14H16N2O2. The van der Waals surface area contributed by atoms with Crippen LogP contribution in [-0.2, 0) is 19.6 Å². The quantitative estimate of drug-likeness (QED) is 0.899. The van der Waals surface area contributed by atoms with E-state index in [0.29, 0.717) is 6.61 Å². The molecule has 1 N–H and O–H groups in total. The summed E-state index contributed by atoms with van der Waals surface area (Å²) in [5.41, 5.74) is 3.75. The van der Waals surface area contributed by atoms with Crippen molar-refractivity contribution < 1.29 is 9.26 Å². The van der Waals surface area contributed by atoms with Gasteiger partial charge in [-0.25, -0.2) is 0 Å². The molecule has 0 spiro atoms. The Morgan fingerprint density at radius 3 is 3.17 bits per heavy atom. The van der Waals surface area contributed by atoms with Crippen LogP contribution in [0.4, 0.5) is 0 Å². The minimum Gasteiger partial charge on any atom is -0.489 e. The van der Waals surface area contributed by atoms with Gasteiger partial charge in [-0.1, -0.05) is 11.2 Å². The van der Waals surface area contributed by atoms with Crippen LogP contribution in [-0.4, -0.2) is 11.7 Å². The van der Waals surface area contributed by atoms with E-state index in [1.807, 2.05) is 13.0 Å². The Labute approximate surface area is 106 Å². The Morgan fingerprint density at radius 2 is 2.33 bits per heavy atom. The fourth-order valence-corrected chi connectivity index (χ4v) is 2.16. The fraction of sp³-hybridized carbons (Fsp3) is 0.357. The molecule has 0 saturated heterocycles. The second kappa shape index (κ2) is 4.82. The zero-order chi connectivity index (χ0) is 12.4. The summed E-state index contributed by atoms with van der Waals surface area (Å²) in [6, 6.07) is 6.30. The number of nitrogens with zero attached hydrogens (tertiary/aromatic N) is 1. The molecule has 94 valence electrons. The van der Waals surface area contributed by atoms with Crippen LogP contribution in [0, 0.1) is 6.92 Å². The van der Waals surface area contributed by atoms with Crippen molar-refractivity contribution in [1.82, 2.24) is 10.5 Å². The summed E-state index contributed by atoms with van der Waals surface area (Å²) < 4.78 is 10.8. The van der Waals surface area contributed by atoms with Crippen LogP contribution in [0.15, 0.2) is 28.9 Å². The predicted molar refractivity (Wildman–Crippen MR) is 67.4 cm³/mol. The first-order valence-electron chi connectivity index (χ1n) is 6.18. The van der Waals surface area contributed by atoms with Crippen LogP contribution in [0.3, 0.4) is 0 Å². The highest BCUT2D eigenvalue weighted by Crippen LogP contribution is 2.21. The summed E-state index contributed by atoms with van der Waals surface area (Å²) in [4.78, 5) is 0. The van der Waals surface area contributed by atoms with E-state index in [9.17, 15) is 0 Å². The average Bonchev–Trinajstić information content (AvgIpc) is 2.82. The summed E-state index contributed by atoms with van der Waals surface area (Å²) in [5.74, 6) is 1.73. The Kier molecular flexibility index (Phi) is 3.02. The normalized spacial score (nSPS) is 14.3. The van der Waals surface area contributed by atoms with E-state index in [1.54, 1.807) is 6.20 Å². The van der Waals surface area contributed by atoms with Gasteiger partial charge in [-0.15, -0.1) is 0 Å². The average molecular weight is 244 g/mol. The van der Waals surface area contributed by atoms with Gasteiger partial charge in [0, 0.05) is 6.54 Å². The molecular weight excluding hydrogens is 228 g/mol. The summed E-state index contributed by atoms with van der Waals surface area (Å²) in [6.07, 6.45) is 2.77. The SMILES string of the molecule is Cc1oncc1COc1ccc2c(c1)CCNC2. The first-order chi connectivity index (χ1) is 8.83. The van der Waals surface area contributed by atoms with Crippen molar-refractivity contribution in [2.45, 2.75) is 26.5 Å². The van der Waals surface area contributed by atoms with Gasteiger partial charge in [0.25, 0.3) is 0 Å².